The third-order valence-electron chi connectivity index (χ3n) is 3.14. The predicted octanol–water partition coefficient (Wildman–Crippen LogP) is -1.98. The number of fused-ring (bicyclic) bond motifs is 1. The van der Waals surface area contributed by atoms with Crippen LogP contribution in [0.3, 0.4) is 0 Å². The van der Waals surface area contributed by atoms with Crippen molar-refractivity contribution in [1.29, 1.82) is 0 Å². The lowest BCUT2D eigenvalue weighted by atomic mass is 10.0. The van der Waals surface area contributed by atoms with Gasteiger partial charge < -0.3 is 25.8 Å². The lowest BCUT2D eigenvalue weighted by Crippen LogP contribution is -2.50. The minimum Gasteiger partial charge on any atom is -0.388 e. The molecule has 102 valence electrons. The SMILES string of the molecule is Nc1ncnc2ncn([C@@H]3OC[C@@H](O)[C@H](O)[C@H]3O)c12. The third kappa shape index (κ3) is 1.83. The van der Waals surface area contributed by atoms with Crippen LogP contribution in [0.2, 0.25) is 0 Å². The standard InChI is InChI=1S/C10H13N5O4/c11-8-5-9(13-2-12-8)14-3-15(5)10-7(18)6(17)4(16)1-19-10/h2-4,6-7,10,16-18H,1H2,(H2,11,12,13)/t4-,6+,7-,10-/m1/s1. The number of anilines is 1. The van der Waals surface area contributed by atoms with Gasteiger partial charge in [0.25, 0.3) is 0 Å². The molecule has 0 amide bonds. The normalized spacial score (nSPS) is 31.7. The average Bonchev–Trinajstić information content (AvgIpc) is 2.82. The average molecular weight is 267 g/mol. The zero-order valence-corrected chi connectivity index (χ0v) is 9.79. The second-order valence-electron chi connectivity index (χ2n) is 4.36. The topological polar surface area (TPSA) is 140 Å². The van der Waals surface area contributed by atoms with E-state index in [0.717, 1.165) is 0 Å². The first-order valence-corrected chi connectivity index (χ1v) is 5.68. The number of aromatic nitrogens is 4. The number of nitrogens with zero attached hydrogens (tertiary/aromatic N) is 4. The Morgan fingerprint density at radius 2 is 2.00 bits per heavy atom. The molecule has 3 rings (SSSR count). The van der Waals surface area contributed by atoms with Crippen molar-refractivity contribution in [3.63, 3.8) is 0 Å². The number of aliphatic hydroxyl groups is 3. The smallest absolute Gasteiger partial charge is 0.183 e. The fourth-order valence-electron chi connectivity index (χ4n) is 2.13. The van der Waals surface area contributed by atoms with Gasteiger partial charge in [-0.1, -0.05) is 0 Å². The molecule has 9 heteroatoms. The van der Waals surface area contributed by atoms with E-state index in [1.807, 2.05) is 0 Å². The van der Waals surface area contributed by atoms with Crippen molar-refractivity contribution in [2.75, 3.05) is 12.3 Å². The molecule has 9 nitrogen and oxygen atoms in total. The minimum absolute atomic E-state index is 0.101. The molecule has 4 atom stereocenters. The number of nitrogen functional groups attached to an aromatic ring is 1. The van der Waals surface area contributed by atoms with Crippen LogP contribution < -0.4 is 5.73 Å². The van der Waals surface area contributed by atoms with Gasteiger partial charge in [0.1, 0.15) is 36.5 Å². The van der Waals surface area contributed by atoms with Gasteiger partial charge in [0.2, 0.25) is 0 Å². The van der Waals surface area contributed by atoms with Crippen LogP contribution in [0.1, 0.15) is 6.23 Å². The Morgan fingerprint density at radius 3 is 2.79 bits per heavy atom. The van der Waals surface area contributed by atoms with Crippen molar-refractivity contribution in [2.45, 2.75) is 24.5 Å². The number of hydrogen-bond acceptors (Lipinski definition) is 8. The van der Waals surface area contributed by atoms with E-state index < -0.39 is 24.5 Å². The number of rotatable bonds is 1. The van der Waals surface area contributed by atoms with E-state index in [-0.39, 0.29) is 12.4 Å². The van der Waals surface area contributed by atoms with Crippen molar-refractivity contribution in [3.8, 4) is 0 Å². The molecule has 0 aliphatic carbocycles. The summed E-state index contributed by atoms with van der Waals surface area (Å²) in [4.78, 5) is 11.8. The van der Waals surface area contributed by atoms with E-state index >= 15 is 0 Å². The van der Waals surface area contributed by atoms with Crippen LogP contribution in [-0.4, -0.2) is 59.8 Å². The van der Waals surface area contributed by atoms with Gasteiger partial charge in [-0.3, -0.25) is 4.57 Å². The van der Waals surface area contributed by atoms with Crippen LogP contribution in [0.4, 0.5) is 5.82 Å². The number of nitrogens with two attached hydrogens (primary N) is 1. The van der Waals surface area contributed by atoms with Gasteiger partial charge in [-0.05, 0) is 0 Å². The lowest BCUT2D eigenvalue weighted by Gasteiger charge is -2.35. The summed E-state index contributed by atoms with van der Waals surface area (Å²) in [6, 6.07) is 0. The summed E-state index contributed by atoms with van der Waals surface area (Å²) in [7, 11) is 0. The molecule has 0 spiro atoms. The maximum absolute atomic E-state index is 9.96. The summed E-state index contributed by atoms with van der Waals surface area (Å²) in [6.45, 7) is -0.101. The summed E-state index contributed by atoms with van der Waals surface area (Å²) in [5, 5.41) is 29.1. The summed E-state index contributed by atoms with van der Waals surface area (Å²) in [6.07, 6.45) is -1.96. The number of hydrogen-bond donors (Lipinski definition) is 4. The van der Waals surface area contributed by atoms with Crippen LogP contribution >= 0.6 is 0 Å². The summed E-state index contributed by atoms with van der Waals surface area (Å²) >= 11 is 0. The minimum atomic E-state index is -1.30. The van der Waals surface area contributed by atoms with Crippen molar-refractivity contribution >= 4 is 17.0 Å². The van der Waals surface area contributed by atoms with E-state index in [1.54, 1.807) is 0 Å². The molecule has 1 saturated heterocycles. The van der Waals surface area contributed by atoms with Gasteiger partial charge in [-0.15, -0.1) is 0 Å². The second kappa shape index (κ2) is 4.38. The maximum Gasteiger partial charge on any atom is 0.183 e. The molecule has 1 fully saturated rings. The first-order chi connectivity index (χ1) is 9.09. The van der Waals surface area contributed by atoms with Gasteiger partial charge in [-0.2, -0.15) is 0 Å². The van der Waals surface area contributed by atoms with Crippen LogP contribution in [0.5, 0.6) is 0 Å². The summed E-state index contributed by atoms with van der Waals surface area (Å²) < 4.78 is 6.78. The molecule has 19 heavy (non-hydrogen) atoms. The zero-order chi connectivity index (χ0) is 13.6. The van der Waals surface area contributed by atoms with E-state index in [9.17, 15) is 15.3 Å². The Kier molecular flexibility index (Phi) is 2.82. The third-order valence-corrected chi connectivity index (χ3v) is 3.14. The fourth-order valence-corrected chi connectivity index (χ4v) is 2.13. The Balaban J connectivity index is 2.05. The molecule has 0 radical (unpaired) electrons. The molecular formula is C10H13N5O4. The highest BCUT2D eigenvalue weighted by Crippen LogP contribution is 2.28. The summed E-state index contributed by atoms with van der Waals surface area (Å²) in [5.74, 6) is 0.193. The monoisotopic (exact) mass is 267 g/mol. The van der Waals surface area contributed by atoms with Crippen molar-refractivity contribution < 1.29 is 20.1 Å². The highest BCUT2D eigenvalue weighted by atomic mass is 16.5. The Bertz CT molecular complexity index is 603. The Morgan fingerprint density at radius 1 is 1.21 bits per heavy atom. The first-order valence-electron chi connectivity index (χ1n) is 5.68. The number of ether oxygens (including phenoxy) is 1. The quantitative estimate of drug-likeness (QED) is 0.466. The molecule has 2 aromatic rings. The molecule has 0 aromatic carbocycles. The first kappa shape index (κ1) is 12.2. The van der Waals surface area contributed by atoms with Crippen LogP contribution in [0, 0.1) is 0 Å². The molecule has 1 aliphatic heterocycles. The van der Waals surface area contributed by atoms with Crippen molar-refractivity contribution in [1.82, 2.24) is 19.5 Å². The fraction of sp³-hybridized carbons (Fsp3) is 0.500. The molecular weight excluding hydrogens is 254 g/mol. The van der Waals surface area contributed by atoms with Gasteiger partial charge in [0, 0.05) is 0 Å². The van der Waals surface area contributed by atoms with Gasteiger partial charge in [-0.25, -0.2) is 15.0 Å². The van der Waals surface area contributed by atoms with Crippen LogP contribution in [0.15, 0.2) is 12.7 Å². The molecule has 1 aliphatic rings. The van der Waals surface area contributed by atoms with Gasteiger partial charge in [0.05, 0.1) is 6.61 Å². The summed E-state index contributed by atoms with van der Waals surface area (Å²) in [5.41, 5.74) is 6.53. The van der Waals surface area contributed by atoms with E-state index in [0.29, 0.717) is 11.2 Å². The predicted molar refractivity (Wildman–Crippen MR) is 62.7 cm³/mol. The molecule has 5 N–H and O–H groups in total. The number of aliphatic hydroxyl groups excluding tert-OH is 3. The number of imidazole rings is 1. The van der Waals surface area contributed by atoms with E-state index in [1.165, 1.54) is 17.2 Å². The highest BCUT2D eigenvalue weighted by molar-refractivity contribution is 5.81. The zero-order valence-electron chi connectivity index (χ0n) is 9.79. The Labute approximate surface area is 107 Å². The van der Waals surface area contributed by atoms with Gasteiger partial charge >= 0.3 is 0 Å². The molecule has 2 aromatic heterocycles. The molecule has 0 unspecified atom stereocenters. The molecule has 0 saturated carbocycles. The van der Waals surface area contributed by atoms with Crippen molar-refractivity contribution in [2.24, 2.45) is 0 Å². The second-order valence-corrected chi connectivity index (χ2v) is 4.36. The highest BCUT2D eigenvalue weighted by Gasteiger charge is 2.39. The van der Waals surface area contributed by atoms with Gasteiger partial charge in [0.15, 0.2) is 17.7 Å². The molecule has 3 heterocycles. The Hall–Kier alpha value is -1.81. The van der Waals surface area contributed by atoms with E-state index in [2.05, 4.69) is 15.0 Å². The van der Waals surface area contributed by atoms with Crippen LogP contribution in [0.25, 0.3) is 11.2 Å². The van der Waals surface area contributed by atoms with E-state index in [4.69, 9.17) is 10.5 Å². The maximum atomic E-state index is 9.96. The molecule has 0 bridgehead atoms. The lowest BCUT2D eigenvalue weighted by molar-refractivity contribution is -0.209. The van der Waals surface area contributed by atoms with Crippen molar-refractivity contribution in [3.05, 3.63) is 12.7 Å². The largest absolute Gasteiger partial charge is 0.388 e. The van der Waals surface area contributed by atoms with Crippen LogP contribution in [-0.2, 0) is 4.74 Å².